The monoisotopic (exact) mass is 192 g/mol. The van der Waals surface area contributed by atoms with Crippen LogP contribution in [0.25, 0.3) is 0 Å². The zero-order valence-electron chi connectivity index (χ0n) is 8.27. The molecule has 2 rings (SSSR count). The van der Waals surface area contributed by atoms with Crippen molar-refractivity contribution < 1.29 is 0 Å². The van der Waals surface area contributed by atoms with Crippen molar-refractivity contribution in [3.63, 3.8) is 0 Å². The van der Waals surface area contributed by atoms with Crippen LogP contribution in [0, 0.1) is 6.92 Å². The van der Waals surface area contributed by atoms with E-state index in [4.69, 9.17) is 0 Å². The summed E-state index contributed by atoms with van der Waals surface area (Å²) < 4.78 is 0. The molecule has 1 unspecified atom stereocenters. The number of fused-ring (bicyclic) bond motifs is 1. The molecule has 0 aliphatic heterocycles. The summed E-state index contributed by atoms with van der Waals surface area (Å²) in [7, 11) is 2.91. The Labute approximate surface area is 82.9 Å². The quantitative estimate of drug-likeness (QED) is 0.438. The first-order valence-electron chi connectivity index (χ1n) is 5.16. The number of aryl methyl sites for hydroxylation is 2. The van der Waals surface area contributed by atoms with Gasteiger partial charge in [-0.05, 0) is 54.6 Å². The first kappa shape index (κ1) is 9.21. The van der Waals surface area contributed by atoms with Gasteiger partial charge in [0.2, 0.25) is 0 Å². The van der Waals surface area contributed by atoms with Crippen LogP contribution in [-0.4, -0.2) is 0 Å². The lowest BCUT2D eigenvalue weighted by Gasteiger charge is -2.11. The Morgan fingerprint density at radius 3 is 2.69 bits per heavy atom. The van der Waals surface area contributed by atoms with Crippen LogP contribution in [-0.2, 0) is 12.8 Å². The van der Waals surface area contributed by atoms with E-state index in [0.717, 1.165) is 0 Å². The molecule has 0 fully saturated rings. The third-order valence-electron chi connectivity index (χ3n) is 3.04. The highest BCUT2D eigenvalue weighted by Gasteiger charge is 2.10. The molecule has 0 spiro atoms. The zero-order valence-corrected chi connectivity index (χ0v) is 9.42. The number of rotatable bonds is 0. The maximum Gasteiger partial charge on any atom is -0.0239 e. The van der Waals surface area contributed by atoms with Gasteiger partial charge in [0.25, 0.3) is 0 Å². The van der Waals surface area contributed by atoms with Crippen molar-refractivity contribution in [3.8, 4) is 0 Å². The van der Waals surface area contributed by atoms with Gasteiger partial charge in [-0.25, -0.2) is 0 Å². The van der Waals surface area contributed by atoms with Crippen molar-refractivity contribution in [1.82, 2.24) is 0 Å². The van der Waals surface area contributed by atoms with Crippen LogP contribution in [0.15, 0.2) is 12.1 Å². The van der Waals surface area contributed by atoms with Crippen molar-refractivity contribution in [3.05, 3.63) is 28.8 Å². The van der Waals surface area contributed by atoms with Crippen LogP contribution in [0.5, 0.6) is 0 Å². The predicted molar refractivity (Wildman–Crippen MR) is 61.8 cm³/mol. The second-order valence-electron chi connectivity index (χ2n) is 3.99. The minimum absolute atomic E-state index is 1.29. The van der Waals surface area contributed by atoms with E-state index in [0.29, 0.717) is 0 Å². The van der Waals surface area contributed by atoms with Gasteiger partial charge in [-0.1, -0.05) is 18.6 Å². The molecule has 0 bridgehead atoms. The van der Waals surface area contributed by atoms with Gasteiger partial charge in [-0.2, -0.15) is 0 Å². The van der Waals surface area contributed by atoms with Crippen molar-refractivity contribution in [2.24, 2.45) is 0 Å². The van der Waals surface area contributed by atoms with Gasteiger partial charge in [-0.15, -0.1) is 9.24 Å². The molecule has 1 aromatic carbocycles. The molecule has 1 aliphatic rings. The number of benzene rings is 1. The molecule has 1 aliphatic carbocycles. The average Bonchev–Trinajstić information content (AvgIpc) is 2.36. The SMILES string of the molecule is Cc1ccc2c(c1P)CCCCC2. The summed E-state index contributed by atoms with van der Waals surface area (Å²) in [6, 6.07) is 4.58. The zero-order chi connectivity index (χ0) is 9.26. The van der Waals surface area contributed by atoms with Crippen LogP contribution >= 0.6 is 9.24 Å². The molecule has 0 aromatic heterocycles. The van der Waals surface area contributed by atoms with E-state index in [1.54, 1.807) is 11.1 Å². The average molecular weight is 192 g/mol. The Kier molecular flexibility index (Phi) is 2.69. The predicted octanol–water partition coefficient (Wildman–Crippen LogP) is 2.76. The second kappa shape index (κ2) is 3.80. The van der Waals surface area contributed by atoms with Crippen molar-refractivity contribution >= 4 is 14.5 Å². The second-order valence-corrected chi connectivity index (χ2v) is 4.57. The fraction of sp³-hybridized carbons (Fsp3) is 0.500. The molecule has 1 aromatic rings. The summed E-state index contributed by atoms with van der Waals surface area (Å²) in [5.74, 6) is 0. The third-order valence-corrected chi connectivity index (χ3v) is 3.85. The summed E-state index contributed by atoms with van der Waals surface area (Å²) in [5, 5.41) is 1.46. The highest BCUT2D eigenvalue weighted by Crippen LogP contribution is 2.21. The topological polar surface area (TPSA) is 0 Å². The van der Waals surface area contributed by atoms with Gasteiger partial charge in [0, 0.05) is 0 Å². The van der Waals surface area contributed by atoms with E-state index in [9.17, 15) is 0 Å². The lowest BCUT2D eigenvalue weighted by molar-refractivity contribution is 0.712. The van der Waals surface area contributed by atoms with E-state index in [1.165, 1.54) is 43.0 Å². The third kappa shape index (κ3) is 1.79. The maximum absolute atomic E-state index is 2.91. The summed E-state index contributed by atoms with van der Waals surface area (Å²) in [5.41, 5.74) is 4.63. The van der Waals surface area contributed by atoms with Gasteiger partial charge in [-0.3, -0.25) is 0 Å². The Morgan fingerprint density at radius 1 is 1.08 bits per heavy atom. The molecule has 70 valence electrons. The van der Waals surface area contributed by atoms with Crippen LogP contribution in [0.4, 0.5) is 0 Å². The minimum Gasteiger partial charge on any atom is -0.105 e. The van der Waals surface area contributed by atoms with Crippen molar-refractivity contribution in [2.45, 2.75) is 39.0 Å². The van der Waals surface area contributed by atoms with E-state index >= 15 is 0 Å². The normalized spacial score (nSPS) is 16.5. The largest absolute Gasteiger partial charge is 0.105 e. The lowest BCUT2D eigenvalue weighted by atomic mass is 10.0. The Hall–Kier alpha value is -0.350. The maximum atomic E-state index is 2.91. The molecule has 0 N–H and O–H groups in total. The van der Waals surface area contributed by atoms with Crippen molar-refractivity contribution in [2.75, 3.05) is 0 Å². The van der Waals surface area contributed by atoms with Gasteiger partial charge in [0.1, 0.15) is 0 Å². The van der Waals surface area contributed by atoms with E-state index < -0.39 is 0 Å². The molecular weight excluding hydrogens is 175 g/mol. The first-order chi connectivity index (χ1) is 6.29. The molecule has 1 heteroatoms. The molecule has 0 amide bonds. The first-order valence-corrected chi connectivity index (χ1v) is 5.73. The smallest absolute Gasteiger partial charge is 0.0239 e. The van der Waals surface area contributed by atoms with E-state index in [2.05, 4.69) is 28.3 Å². The molecule has 0 saturated heterocycles. The van der Waals surface area contributed by atoms with Gasteiger partial charge in [0.05, 0.1) is 0 Å². The number of hydrogen-bond donors (Lipinski definition) is 0. The number of hydrogen-bond acceptors (Lipinski definition) is 0. The molecular formula is C12H17P. The Bertz CT molecular complexity index is 315. The van der Waals surface area contributed by atoms with Gasteiger partial charge in [0.15, 0.2) is 0 Å². The Balaban J connectivity index is 2.48. The summed E-state index contributed by atoms with van der Waals surface area (Å²) in [4.78, 5) is 0. The fourth-order valence-electron chi connectivity index (χ4n) is 2.15. The van der Waals surface area contributed by atoms with Gasteiger partial charge < -0.3 is 0 Å². The van der Waals surface area contributed by atoms with E-state index in [1.807, 2.05) is 0 Å². The fourth-order valence-corrected chi connectivity index (χ4v) is 2.58. The lowest BCUT2D eigenvalue weighted by Crippen LogP contribution is -2.08. The van der Waals surface area contributed by atoms with Gasteiger partial charge >= 0.3 is 0 Å². The summed E-state index contributed by atoms with van der Waals surface area (Å²) in [6.45, 7) is 2.20. The summed E-state index contributed by atoms with van der Waals surface area (Å²) in [6.07, 6.45) is 6.72. The van der Waals surface area contributed by atoms with E-state index in [-0.39, 0.29) is 0 Å². The van der Waals surface area contributed by atoms with Crippen molar-refractivity contribution in [1.29, 1.82) is 0 Å². The van der Waals surface area contributed by atoms with Crippen LogP contribution in [0.2, 0.25) is 0 Å². The minimum atomic E-state index is 1.29. The van der Waals surface area contributed by atoms with Crippen LogP contribution in [0.1, 0.15) is 36.0 Å². The van der Waals surface area contributed by atoms with Crippen LogP contribution < -0.4 is 5.30 Å². The molecule has 0 heterocycles. The molecule has 0 radical (unpaired) electrons. The molecule has 13 heavy (non-hydrogen) atoms. The molecule has 1 atom stereocenters. The van der Waals surface area contributed by atoms with Crippen LogP contribution in [0.3, 0.4) is 0 Å². The summed E-state index contributed by atoms with van der Waals surface area (Å²) >= 11 is 0. The Morgan fingerprint density at radius 2 is 1.85 bits per heavy atom. The highest BCUT2D eigenvalue weighted by molar-refractivity contribution is 7.27. The highest BCUT2D eigenvalue weighted by atomic mass is 31.0. The standard InChI is InChI=1S/C12H17P/c1-9-7-8-10-5-3-2-4-6-11(10)12(9)13/h7-8H,2-6,13H2,1H3. The molecule has 0 saturated carbocycles. The molecule has 0 nitrogen and oxygen atoms in total.